The van der Waals surface area contributed by atoms with Crippen LogP contribution >= 0.6 is 0 Å². The number of carbonyl (C=O) groups is 1. The lowest BCUT2D eigenvalue weighted by atomic mass is 10.1. The molecule has 3 aliphatic heterocycles. The predicted molar refractivity (Wildman–Crippen MR) is 97.9 cm³/mol. The van der Waals surface area contributed by atoms with Gasteiger partial charge in [-0.3, -0.25) is 9.69 Å². The third-order valence-electron chi connectivity index (χ3n) is 4.51. The number of hydrogen-bond donors (Lipinski definition) is 0. The predicted octanol–water partition coefficient (Wildman–Crippen LogP) is -1.33. The van der Waals surface area contributed by atoms with Crippen LogP contribution in [0.3, 0.4) is 0 Å². The summed E-state index contributed by atoms with van der Waals surface area (Å²) in [5.74, 6) is 0.269. The minimum absolute atomic E-state index is 0.0681. The van der Waals surface area contributed by atoms with Crippen molar-refractivity contribution in [2.45, 2.75) is 0 Å². The van der Waals surface area contributed by atoms with E-state index in [0.29, 0.717) is 44.1 Å². The molecule has 9 nitrogen and oxygen atoms in total. The number of carbonyl (C=O) groups excluding carboxylic acids is 1. The van der Waals surface area contributed by atoms with Gasteiger partial charge in [0.2, 0.25) is 0 Å². The molecule has 0 N–H and O–H groups in total. The highest BCUT2D eigenvalue weighted by molar-refractivity contribution is 7.90. The lowest BCUT2D eigenvalue weighted by Gasteiger charge is -2.35. The van der Waals surface area contributed by atoms with Crippen LogP contribution in [0.4, 0.5) is 0 Å². The van der Waals surface area contributed by atoms with Gasteiger partial charge in [0.25, 0.3) is 15.9 Å². The van der Waals surface area contributed by atoms with Crippen molar-refractivity contribution in [2.75, 3.05) is 57.0 Å². The third-order valence-corrected chi connectivity index (χ3v) is 6.60. The molecule has 1 saturated heterocycles. The summed E-state index contributed by atoms with van der Waals surface area (Å²) in [5.41, 5.74) is 0.493. The fourth-order valence-corrected chi connectivity index (χ4v) is 4.54. The van der Waals surface area contributed by atoms with E-state index in [-0.39, 0.29) is 24.0 Å². The van der Waals surface area contributed by atoms with Crippen LogP contribution < -0.4 is 0 Å². The van der Waals surface area contributed by atoms with Crippen molar-refractivity contribution in [2.24, 2.45) is 4.40 Å². The number of nitrogens with zero attached hydrogens (tertiary/aromatic N) is 4. The number of amidine groups is 1. The Balaban J connectivity index is 1.58. The minimum atomic E-state index is -3.41. The van der Waals surface area contributed by atoms with E-state index < -0.39 is 19.9 Å². The van der Waals surface area contributed by atoms with Crippen LogP contribution in [0, 0.1) is 0 Å². The second-order valence-corrected chi connectivity index (χ2v) is 10.6. The van der Waals surface area contributed by atoms with Gasteiger partial charge in [-0.2, -0.15) is 0 Å². The summed E-state index contributed by atoms with van der Waals surface area (Å²) in [6.45, 7) is 3.08. The molecule has 26 heavy (non-hydrogen) atoms. The third kappa shape index (κ3) is 4.71. The summed E-state index contributed by atoms with van der Waals surface area (Å²) < 4.78 is 49.3. The van der Waals surface area contributed by atoms with Gasteiger partial charge in [-0.1, -0.05) is 0 Å². The summed E-state index contributed by atoms with van der Waals surface area (Å²) >= 11 is 0. The number of fused-ring (bicyclic) bond motifs is 1. The van der Waals surface area contributed by atoms with Crippen molar-refractivity contribution in [3.63, 3.8) is 0 Å². The summed E-state index contributed by atoms with van der Waals surface area (Å²) in [6.07, 6.45) is 6.00. The zero-order valence-electron chi connectivity index (χ0n) is 14.5. The van der Waals surface area contributed by atoms with Crippen molar-refractivity contribution in [1.82, 2.24) is 14.7 Å². The largest absolute Gasteiger partial charge is 0.336 e. The molecule has 3 heterocycles. The Kier molecular flexibility index (Phi) is 5.22. The van der Waals surface area contributed by atoms with E-state index in [1.807, 2.05) is 4.90 Å². The number of piperazine rings is 1. The molecule has 1 amide bonds. The maximum absolute atomic E-state index is 12.7. The number of sulfonamides is 1. The van der Waals surface area contributed by atoms with Gasteiger partial charge >= 0.3 is 0 Å². The summed E-state index contributed by atoms with van der Waals surface area (Å²) in [4.78, 5) is 18.1. The van der Waals surface area contributed by atoms with Crippen molar-refractivity contribution in [1.29, 1.82) is 0 Å². The van der Waals surface area contributed by atoms with Crippen molar-refractivity contribution in [3.8, 4) is 0 Å². The average Bonchev–Trinajstić information content (AvgIpc) is 2.58. The van der Waals surface area contributed by atoms with Crippen LogP contribution in [0.5, 0.6) is 0 Å². The van der Waals surface area contributed by atoms with E-state index in [2.05, 4.69) is 4.40 Å². The summed E-state index contributed by atoms with van der Waals surface area (Å²) in [6, 6.07) is 0. The first-order valence-corrected chi connectivity index (χ1v) is 12.0. The first-order chi connectivity index (χ1) is 12.1. The molecule has 1 fully saturated rings. The fraction of sp³-hybridized carbons (Fsp3) is 0.600. The molecule has 3 aliphatic rings. The number of hydrogen-bond acceptors (Lipinski definition) is 7. The maximum atomic E-state index is 12.7. The summed E-state index contributed by atoms with van der Waals surface area (Å²) in [7, 11) is -6.40. The molecule has 0 bridgehead atoms. The van der Waals surface area contributed by atoms with Crippen molar-refractivity contribution in [3.05, 3.63) is 23.9 Å². The highest BCUT2D eigenvalue weighted by atomic mass is 32.2. The van der Waals surface area contributed by atoms with Crippen LogP contribution in [0.15, 0.2) is 28.3 Å². The van der Waals surface area contributed by atoms with Gasteiger partial charge in [0.1, 0.15) is 15.7 Å². The molecule has 3 rings (SSSR count). The molecule has 0 aliphatic carbocycles. The molecule has 0 radical (unpaired) electrons. The van der Waals surface area contributed by atoms with Crippen molar-refractivity contribution >= 4 is 31.6 Å². The maximum Gasteiger partial charge on any atom is 0.256 e. The Hall–Kier alpha value is -1.72. The smallest absolute Gasteiger partial charge is 0.256 e. The molecule has 11 heteroatoms. The van der Waals surface area contributed by atoms with Crippen molar-refractivity contribution < 1.29 is 21.6 Å². The highest BCUT2D eigenvalue weighted by Crippen LogP contribution is 2.18. The molecule has 0 unspecified atom stereocenters. The molecule has 0 aromatic carbocycles. The van der Waals surface area contributed by atoms with E-state index in [4.69, 9.17) is 0 Å². The molecular formula is C15H22N4O5S2. The number of rotatable bonds is 4. The van der Waals surface area contributed by atoms with Crippen LogP contribution in [0.25, 0.3) is 0 Å². The van der Waals surface area contributed by atoms with E-state index in [1.54, 1.807) is 28.2 Å². The second-order valence-electron chi connectivity index (χ2n) is 6.61. The summed E-state index contributed by atoms with van der Waals surface area (Å²) in [5, 5.41) is 0. The molecule has 0 spiro atoms. The molecule has 144 valence electrons. The lowest BCUT2D eigenvalue weighted by Crippen LogP contribution is -2.50. The van der Waals surface area contributed by atoms with E-state index in [0.717, 1.165) is 0 Å². The van der Waals surface area contributed by atoms with Gasteiger partial charge in [-0.25, -0.2) is 16.8 Å². The Labute approximate surface area is 153 Å². The SMILES string of the molecule is CS(=O)(=O)CCN1CCN(C(=O)C2=CN3CCS(=O)(=O)N=C3C=C2)CC1. The topological polar surface area (TPSA) is 107 Å². The fourth-order valence-electron chi connectivity index (χ4n) is 2.98. The van der Waals surface area contributed by atoms with Crippen LogP contribution in [-0.2, 0) is 24.7 Å². The quantitative estimate of drug-likeness (QED) is 0.573. The van der Waals surface area contributed by atoms with E-state index >= 15 is 0 Å². The number of sulfone groups is 1. The van der Waals surface area contributed by atoms with Gasteiger partial charge in [0.15, 0.2) is 0 Å². The van der Waals surface area contributed by atoms with Gasteiger partial charge in [-0.15, -0.1) is 4.40 Å². The normalized spacial score (nSPS) is 23.3. The van der Waals surface area contributed by atoms with E-state index in [1.165, 1.54) is 6.26 Å². The molecule has 0 aromatic rings. The minimum Gasteiger partial charge on any atom is -0.336 e. The molecule has 0 saturated carbocycles. The second kappa shape index (κ2) is 7.12. The zero-order valence-corrected chi connectivity index (χ0v) is 16.2. The first kappa shape index (κ1) is 19.1. The van der Waals surface area contributed by atoms with Crippen LogP contribution in [0.2, 0.25) is 0 Å². The van der Waals surface area contributed by atoms with E-state index in [9.17, 15) is 21.6 Å². The Morgan fingerprint density at radius 3 is 2.50 bits per heavy atom. The van der Waals surface area contributed by atoms with Crippen LogP contribution in [0.1, 0.15) is 0 Å². The Morgan fingerprint density at radius 2 is 1.85 bits per heavy atom. The standard InChI is InChI=1S/C15H22N4O5S2/c1-25(21,22)10-8-17-4-6-18(7-5-17)15(20)13-2-3-14-16-26(23,24)11-9-19(14)12-13/h2-3,12H,4-11H2,1H3. The van der Waals surface area contributed by atoms with Gasteiger partial charge in [0, 0.05) is 51.7 Å². The van der Waals surface area contributed by atoms with Gasteiger partial charge in [0.05, 0.1) is 17.1 Å². The molecule has 0 atom stereocenters. The number of amides is 1. The monoisotopic (exact) mass is 402 g/mol. The van der Waals surface area contributed by atoms with Crippen LogP contribution in [-0.4, -0.2) is 100 Å². The Morgan fingerprint density at radius 1 is 1.15 bits per heavy atom. The Bertz CT molecular complexity index is 881. The molecular weight excluding hydrogens is 380 g/mol. The van der Waals surface area contributed by atoms with Gasteiger partial charge in [-0.05, 0) is 12.2 Å². The van der Waals surface area contributed by atoms with Gasteiger partial charge < -0.3 is 9.80 Å². The highest BCUT2D eigenvalue weighted by Gasteiger charge is 2.28. The molecule has 0 aromatic heterocycles. The average molecular weight is 402 g/mol. The first-order valence-electron chi connectivity index (χ1n) is 8.31. The zero-order chi connectivity index (χ0) is 18.9. The lowest BCUT2D eigenvalue weighted by molar-refractivity contribution is -0.128.